The first-order valence-corrected chi connectivity index (χ1v) is 8.97. The molecule has 0 atom stereocenters. The highest BCUT2D eigenvalue weighted by Crippen LogP contribution is 2.11. The lowest BCUT2D eigenvalue weighted by atomic mass is 10.1. The van der Waals surface area contributed by atoms with Crippen molar-refractivity contribution in [1.29, 1.82) is 0 Å². The summed E-state index contributed by atoms with van der Waals surface area (Å²) in [5, 5.41) is 0. The van der Waals surface area contributed by atoms with Crippen LogP contribution >= 0.6 is 0 Å². The molecule has 1 heterocycles. The lowest BCUT2D eigenvalue weighted by Gasteiger charge is -2.04. The number of imidazole rings is 1. The second-order valence-electron chi connectivity index (χ2n) is 5.89. The van der Waals surface area contributed by atoms with Gasteiger partial charge in [0.1, 0.15) is 0 Å². The summed E-state index contributed by atoms with van der Waals surface area (Å²) in [6.07, 6.45) is 20.9. The van der Waals surface area contributed by atoms with Gasteiger partial charge in [0.25, 0.3) is 0 Å². The Morgan fingerprint density at radius 3 is 1.90 bits per heavy atom. The average molecular weight is 294 g/mol. The lowest BCUT2D eigenvalue weighted by molar-refractivity contribution is 0.143. The molecule has 0 N–H and O–H groups in total. The van der Waals surface area contributed by atoms with E-state index in [4.69, 9.17) is 4.74 Å². The molecule has 0 fully saturated rings. The third-order valence-corrected chi connectivity index (χ3v) is 3.97. The maximum Gasteiger partial charge on any atom is 0.0945 e. The van der Waals surface area contributed by atoms with E-state index in [9.17, 15) is 0 Å². The first-order chi connectivity index (χ1) is 10.4. The van der Waals surface area contributed by atoms with Crippen LogP contribution in [0.5, 0.6) is 0 Å². The number of unbranched alkanes of at least 4 members (excludes halogenated alkanes) is 10. The van der Waals surface area contributed by atoms with E-state index in [0.29, 0.717) is 0 Å². The number of ether oxygens (including phenoxy) is 1. The fraction of sp³-hybridized carbons (Fsp3) is 0.833. The topological polar surface area (TPSA) is 27.1 Å². The van der Waals surface area contributed by atoms with E-state index in [1.165, 1.54) is 70.6 Å². The van der Waals surface area contributed by atoms with Crippen LogP contribution in [0.15, 0.2) is 18.7 Å². The van der Waals surface area contributed by atoms with E-state index in [1.54, 1.807) is 0 Å². The van der Waals surface area contributed by atoms with Crippen LogP contribution in [-0.4, -0.2) is 22.8 Å². The summed E-state index contributed by atoms with van der Waals surface area (Å²) in [4.78, 5) is 4.06. The average Bonchev–Trinajstić information content (AvgIpc) is 3.01. The number of hydrogen-bond donors (Lipinski definition) is 0. The molecule has 0 spiro atoms. The molecular formula is C18H34N2O. The number of rotatable bonds is 15. The van der Waals surface area contributed by atoms with Gasteiger partial charge in [0.05, 0.1) is 6.33 Å². The minimum atomic E-state index is 0.863. The first kappa shape index (κ1) is 18.2. The molecular weight excluding hydrogens is 260 g/mol. The van der Waals surface area contributed by atoms with Gasteiger partial charge in [-0.15, -0.1) is 0 Å². The van der Waals surface area contributed by atoms with Gasteiger partial charge in [-0.1, -0.05) is 57.8 Å². The van der Waals surface area contributed by atoms with Gasteiger partial charge in [0.2, 0.25) is 0 Å². The van der Waals surface area contributed by atoms with Crippen molar-refractivity contribution >= 4 is 0 Å². The summed E-state index contributed by atoms with van der Waals surface area (Å²) in [7, 11) is 0. The van der Waals surface area contributed by atoms with Crippen LogP contribution in [0.1, 0.15) is 77.6 Å². The zero-order valence-electron chi connectivity index (χ0n) is 13.9. The first-order valence-electron chi connectivity index (χ1n) is 8.97. The zero-order valence-corrected chi connectivity index (χ0v) is 13.9. The molecule has 0 aliphatic rings. The molecule has 0 aliphatic carbocycles. The Morgan fingerprint density at radius 1 is 0.810 bits per heavy atom. The molecule has 0 aliphatic heterocycles. The van der Waals surface area contributed by atoms with Crippen LogP contribution in [0.4, 0.5) is 0 Å². The van der Waals surface area contributed by atoms with E-state index >= 15 is 0 Å². The van der Waals surface area contributed by atoms with Crippen LogP contribution < -0.4 is 0 Å². The van der Waals surface area contributed by atoms with Crippen molar-refractivity contribution in [2.45, 2.75) is 84.1 Å². The Labute approximate surface area is 131 Å². The van der Waals surface area contributed by atoms with Gasteiger partial charge < -0.3 is 9.30 Å². The van der Waals surface area contributed by atoms with E-state index < -0.39 is 0 Å². The Hall–Kier alpha value is -0.830. The predicted molar refractivity (Wildman–Crippen MR) is 89.5 cm³/mol. The number of hydrogen-bond acceptors (Lipinski definition) is 2. The minimum Gasteiger partial charge on any atom is -0.382 e. The molecule has 0 bridgehead atoms. The summed E-state index contributed by atoms with van der Waals surface area (Å²) >= 11 is 0. The molecule has 122 valence electrons. The minimum absolute atomic E-state index is 0.863. The standard InChI is InChI=1S/C18H34N2O/c1-2-21-17-13-11-9-7-5-3-4-6-8-10-12-15-20-16-14-19-18-20/h14,16,18H,2-13,15,17H2,1H3. The highest BCUT2D eigenvalue weighted by atomic mass is 16.5. The Kier molecular flexibility index (Phi) is 12.3. The summed E-state index contributed by atoms with van der Waals surface area (Å²) in [5.41, 5.74) is 0. The van der Waals surface area contributed by atoms with E-state index in [2.05, 4.69) is 16.5 Å². The van der Waals surface area contributed by atoms with Gasteiger partial charge in [-0.25, -0.2) is 4.98 Å². The molecule has 1 aromatic heterocycles. The highest BCUT2D eigenvalue weighted by Gasteiger charge is 1.94. The fourth-order valence-electron chi connectivity index (χ4n) is 2.65. The van der Waals surface area contributed by atoms with Gasteiger partial charge in [0.15, 0.2) is 0 Å². The lowest BCUT2D eigenvalue weighted by Crippen LogP contribution is -1.94. The Balaban J connectivity index is 1.69. The molecule has 0 amide bonds. The molecule has 3 heteroatoms. The van der Waals surface area contributed by atoms with Gasteiger partial charge in [0, 0.05) is 32.2 Å². The van der Waals surface area contributed by atoms with Crippen molar-refractivity contribution in [1.82, 2.24) is 9.55 Å². The van der Waals surface area contributed by atoms with Crippen molar-refractivity contribution in [2.24, 2.45) is 0 Å². The summed E-state index contributed by atoms with van der Waals surface area (Å²) < 4.78 is 7.52. The molecule has 0 saturated heterocycles. The largest absolute Gasteiger partial charge is 0.382 e. The maximum atomic E-state index is 5.34. The van der Waals surface area contributed by atoms with Gasteiger partial charge in [-0.3, -0.25) is 0 Å². The van der Waals surface area contributed by atoms with Crippen molar-refractivity contribution < 1.29 is 4.74 Å². The predicted octanol–water partition coefficient (Wildman–Crippen LogP) is 5.21. The van der Waals surface area contributed by atoms with E-state index in [-0.39, 0.29) is 0 Å². The number of aromatic nitrogens is 2. The maximum absolute atomic E-state index is 5.34. The van der Waals surface area contributed by atoms with Crippen molar-refractivity contribution in [3.05, 3.63) is 18.7 Å². The molecule has 21 heavy (non-hydrogen) atoms. The fourth-order valence-corrected chi connectivity index (χ4v) is 2.65. The van der Waals surface area contributed by atoms with E-state index in [0.717, 1.165) is 19.8 Å². The van der Waals surface area contributed by atoms with Crippen LogP contribution in [0.25, 0.3) is 0 Å². The van der Waals surface area contributed by atoms with Crippen molar-refractivity contribution in [2.75, 3.05) is 13.2 Å². The Bertz CT molecular complexity index is 298. The van der Waals surface area contributed by atoms with Crippen LogP contribution in [-0.2, 0) is 11.3 Å². The summed E-state index contributed by atoms with van der Waals surface area (Å²) in [5.74, 6) is 0. The third kappa shape index (κ3) is 11.5. The third-order valence-electron chi connectivity index (χ3n) is 3.97. The molecule has 1 rings (SSSR count). The smallest absolute Gasteiger partial charge is 0.0945 e. The molecule has 0 aromatic carbocycles. The van der Waals surface area contributed by atoms with Crippen molar-refractivity contribution in [3.63, 3.8) is 0 Å². The van der Waals surface area contributed by atoms with Gasteiger partial charge in [-0.05, 0) is 19.8 Å². The van der Waals surface area contributed by atoms with Crippen LogP contribution in [0, 0.1) is 0 Å². The zero-order chi connectivity index (χ0) is 15.0. The molecule has 0 unspecified atom stereocenters. The van der Waals surface area contributed by atoms with Gasteiger partial charge >= 0.3 is 0 Å². The number of aryl methyl sites for hydroxylation is 1. The normalized spacial score (nSPS) is 11.1. The van der Waals surface area contributed by atoms with Crippen LogP contribution in [0.3, 0.4) is 0 Å². The van der Waals surface area contributed by atoms with Gasteiger partial charge in [-0.2, -0.15) is 0 Å². The van der Waals surface area contributed by atoms with E-state index in [1.807, 2.05) is 18.7 Å². The number of nitrogens with zero attached hydrogens (tertiary/aromatic N) is 2. The monoisotopic (exact) mass is 294 g/mol. The molecule has 1 aromatic rings. The molecule has 3 nitrogen and oxygen atoms in total. The van der Waals surface area contributed by atoms with Crippen molar-refractivity contribution in [3.8, 4) is 0 Å². The summed E-state index contributed by atoms with van der Waals surface area (Å²) in [6, 6.07) is 0. The summed E-state index contributed by atoms with van der Waals surface area (Å²) in [6.45, 7) is 5.01. The SMILES string of the molecule is CCOCCCCCCCCCCCCCn1ccnc1. The van der Waals surface area contributed by atoms with Crippen LogP contribution in [0.2, 0.25) is 0 Å². The second kappa shape index (κ2) is 14.1. The highest BCUT2D eigenvalue weighted by molar-refractivity contribution is 4.73. The molecule has 0 radical (unpaired) electrons. The quantitative estimate of drug-likeness (QED) is 0.415. The second-order valence-corrected chi connectivity index (χ2v) is 5.89. The molecule has 0 saturated carbocycles. The Morgan fingerprint density at radius 2 is 1.38 bits per heavy atom.